The number of rotatable bonds is 11. The molecule has 0 fully saturated rings. The summed E-state index contributed by atoms with van der Waals surface area (Å²) in [5.74, 6) is -0.0755. The summed E-state index contributed by atoms with van der Waals surface area (Å²) in [6.45, 7) is 3.29. The first kappa shape index (κ1) is 29.1. The number of anilines is 3. The van der Waals surface area contributed by atoms with Crippen LogP contribution in [0.2, 0.25) is 0 Å². The molecule has 1 heterocycles. The van der Waals surface area contributed by atoms with Crippen LogP contribution in [-0.4, -0.2) is 66.9 Å². The summed E-state index contributed by atoms with van der Waals surface area (Å²) in [4.78, 5) is 44.8. The number of pyridine rings is 1. The number of hydrogen-bond acceptors (Lipinski definition) is 6. The van der Waals surface area contributed by atoms with Gasteiger partial charge in [0.25, 0.3) is 0 Å². The number of hydrogen-bond donors (Lipinski definition) is 3. The summed E-state index contributed by atoms with van der Waals surface area (Å²) in [6, 6.07) is 13.4. The summed E-state index contributed by atoms with van der Waals surface area (Å²) >= 11 is 0. The highest BCUT2D eigenvalue weighted by atomic mass is 19.1. The Kier molecular flexibility index (Phi) is 10.3. The topological polar surface area (TPSA) is 116 Å². The third-order valence-electron chi connectivity index (χ3n) is 5.57. The Labute approximate surface area is 227 Å². The largest absolute Gasteiger partial charge is 0.457 e. The predicted molar refractivity (Wildman–Crippen MR) is 149 cm³/mol. The van der Waals surface area contributed by atoms with E-state index in [2.05, 4.69) is 25.8 Å². The average molecular weight is 537 g/mol. The SMILES string of the molecule is Cc1cc(Oc2ccnc(NC(=O)N(C)CCCN(C)C)c2)ccc1NC(=O)CC(=O)Nc1ccc(F)cc1. The second kappa shape index (κ2) is 13.9. The van der Waals surface area contributed by atoms with E-state index in [0.717, 1.165) is 18.5 Å². The van der Waals surface area contributed by atoms with Gasteiger partial charge in [0.1, 0.15) is 29.6 Å². The Bertz CT molecular complexity index is 1300. The number of carbonyl (C=O) groups is 3. The number of aryl methyl sites for hydroxylation is 1. The lowest BCUT2D eigenvalue weighted by Crippen LogP contribution is -2.33. The molecular weight excluding hydrogens is 503 g/mol. The van der Waals surface area contributed by atoms with Crippen molar-refractivity contribution in [3.8, 4) is 11.5 Å². The van der Waals surface area contributed by atoms with Crippen molar-refractivity contribution in [1.82, 2.24) is 14.8 Å². The number of urea groups is 1. The number of amides is 4. The minimum Gasteiger partial charge on any atom is -0.457 e. The van der Waals surface area contributed by atoms with Crippen LogP contribution in [-0.2, 0) is 9.59 Å². The molecule has 206 valence electrons. The maximum absolute atomic E-state index is 13.0. The van der Waals surface area contributed by atoms with E-state index in [9.17, 15) is 18.8 Å². The number of ether oxygens (including phenoxy) is 1. The van der Waals surface area contributed by atoms with Crippen LogP contribution in [0.5, 0.6) is 11.5 Å². The minimum atomic E-state index is -0.517. The first-order valence-electron chi connectivity index (χ1n) is 12.4. The molecule has 0 saturated heterocycles. The summed E-state index contributed by atoms with van der Waals surface area (Å²) < 4.78 is 18.9. The zero-order valence-electron chi connectivity index (χ0n) is 22.5. The zero-order valence-corrected chi connectivity index (χ0v) is 22.5. The first-order chi connectivity index (χ1) is 18.6. The van der Waals surface area contributed by atoms with Crippen molar-refractivity contribution in [3.63, 3.8) is 0 Å². The second-order valence-electron chi connectivity index (χ2n) is 9.24. The van der Waals surface area contributed by atoms with Crippen LogP contribution in [0.4, 0.5) is 26.4 Å². The quantitative estimate of drug-likeness (QED) is 0.306. The Balaban J connectivity index is 1.52. The van der Waals surface area contributed by atoms with Gasteiger partial charge in [-0.1, -0.05) is 0 Å². The van der Waals surface area contributed by atoms with Crippen molar-refractivity contribution in [1.29, 1.82) is 0 Å². The number of nitrogens with zero attached hydrogens (tertiary/aromatic N) is 3. The van der Waals surface area contributed by atoms with E-state index in [1.165, 1.54) is 30.5 Å². The van der Waals surface area contributed by atoms with Crippen LogP contribution in [0, 0.1) is 12.7 Å². The van der Waals surface area contributed by atoms with Gasteiger partial charge >= 0.3 is 6.03 Å². The van der Waals surface area contributed by atoms with Crippen molar-refractivity contribution in [2.75, 3.05) is 50.2 Å². The normalized spacial score (nSPS) is 10.6. The fourth-order valence-electron chi connectivity index (χ4n) is 3.53. The Morgan fingerprint density at radius 3 is 2.26 bits per heavy atom. The van der Waals surface area contributed by atoms with Gasteiger partial charge < -0.3 is 25.2 Å². The van der Waals surface area contributed by atoms with Gasteiger partial charge in [-0.2, -0.15) is 0 Å². The van der Waals surface area contributed by atoms with E-state index >= 15 is 0 Å². The van der Waals surface area contributed by atoms with Gasteiger partial charge in [0.15, 0.2) is 0 Å². The molecule has 1 aromatic heterocycles. The van der Waals surface area contributed by atoms with Crippen molar-refractivity contribution in [3.05, 3.63) is 72.2 Å². The fraction of sp³-hybridized carbons (Fsp3) is 0.286. The number of halogens is 1. The molecule has 0 radical (unpaired) electrons. The maximum Gasteiger partial charge on any atom is 0.322 e. The van der Waals surface area contributed by atoms with Gasteiger partial charge in [-0.3, -0.25) is 14.9 Å². The molecule has 0 aliphatic rings. The molecule has 0 aliphatic heterocycles. The molecule has 0 unspecified atom stereocenters. The molecule has 39 heavy (non-hydrogen) atoms. The van der Waals surface area contributed by atoms with Crippen molar-refractivity contribution < 1.29 is 23.5 Å². The highest BCUT2D eigenvalue weighted by Gasteiger charge is 2.13. The van der Waals surface area contributed by atoms with Gasteiger partial charge in [0, 0.05) is 37.2 Å². The smallest absolute Gasteiger partial charge is 0.322 e. The fourth-order valence-corrected chi connectivity index (χ4v) is 3.53. The van der Waals surface area contributed by atoms with Gasteiger partial charge in [0.05, 0.1) is 0 Å². The summed E-state index contributed by atoms with van der Waals surface area (Å²) in [5, 5.41) is 8.03. The van der Waals surface area contributed by atoms with Gasteiger partial charge in [-0.15, -0.1) is 0 Å². The van der Waals surface area contributed by atoms with E-state index in [0.29, 0.717) is 35.2 Å². The number of nitrogens with one attached hydrogen (secondary N) is 3. The summed E-state index contributed by atoms with van der Waals surface area (Å²) in [7, 11) is 5.70. The molecule has 3 rings (SSSR count). The highest BCUT2D eigenvalue weighted by Crippen LogP contribution is 2.27. The standard InChI is InChI=1S/C28H33FN6O4/c1-19-16-22(10-11-24(19)32-27(37)18-26(36)31-21-8-6-20(29)7-9-21)39-23-12-13-30-25(17-23)33-28(38)35(4)15-5-14-34(2)3/h6-13,16-17H,5,14-15,18H2,1-4H3,(H,31,36)(H,32,37)(H,30,33,38). The van der Waals surface area contributed by atoms with E-state index in [1.807, 2.05) is 14.1 Å². The molecule has 4 amide bonds. The molecule has 3 N–H and O–H groups in total. The highest BCUT2D eigenvalue weighted by molar-refractivity contribution is 6.08. The molecule has 11 heteroatoms. The van der Waals surface area contributed by atoms with E-state index < -0.39 is 24.1 Å². The average Bonchev–Trinajstić information content (AvgIpc) is 2.87. The number of aromatic nitrogens is 1. The Morgan fingerprint density at radius 1 is 0.872 bits per heavy atom. The molecule has 0 saturated carbocycles. The summed E-state index contributed by atoms with van der Waals surface area (Å²) in [5.41, 5.74) is 1.65. The van der Waals surface area contributed by atoms with Crippen LogP contribution in [0.1, 0.15) is 18.4 Å². The van der Waals surface area contributed by atoms with Crippen LogP contribution in [0.3, 0.4) is 0 Å². The van der Waals surface area contributed by atoms with Crippen molar-refractivity contribution in [2.45, 2.75) is 19.8 Å². The molecule has 2 aromatic carbocycles. The molecule has 0 atom stereocenters. The zero-order chi connectivity index (χ0) is 28.4. The maximum atomic E-state index is 13.0. The van der Waals surface area contributed by atoms with Crippen LogP contribution in [0.15, 0.2) is 60.8 Å². The lowest BCUT2D eigenvalue weighted by molar-refractivity contribution is -0.123. The second-order valence-corrected chi connectivity index (χ2v) is 9.24. The molecule has 0 bridgehead atoms. The van der Waals surface area contributed by atoms with E-state index in [1.54, 1.807) is 49.2 Å². The Hall–Kier alpha value is -4.51. The van der Waals surface area contributed by atoms with Gasteiger partial charge in [0.2, 0.25) is 11.8 Å². The summed E-state index contributed by atoms with van der Waals surface area (Å²) in [6.07, 6.45) is 1.99. The first-order valence-corrected chi connectivity index (χ1v) is 12.4. The van der Waals surface area contributed by atoms with Gasteiger partial charge in [-0.25, -0.2) is 14.2 Å². The third-order valence-corrected chi connectivity index (χ3v) is 5.57. The minimum absolute atomic E-state index is 0.263. The van der Waals surface area contributed by atoms with Crippen LogP contribution < -0.4 is 20.7 Å². The van der Waals surface area contributed by atoms with E-state index in [4.69, 9.17) is 4.74 Å². The van der Waals surface area contributed by atoms with Crippen molar-refractivity contribution >= 4 is 35.0 Å². The molecule has 0 spiro atoms. The van der Waals surface area contributed by atoms with Crippen LogP contribution >= 0.6 is 0 Å². The molecular formula is C28H33FN6O4. The third kappa shape index (κ3) is 9.71. The lowest BCUT2D eigenvalue weighted by Gasteiger charge is -2.19. The number of carbonyl (C=O) groups excluding carboxylic acids is 3. The lowest BCUT2D eigenvalue weighted by atomic mass is 10.2. The molecule has 10 nitrogen and oxygen atoms in total. The molecule has 3 aromatic rings. The monoisotopic (exact) mass is 536 g/mol. The predicted octanol–water partition coefficient (Wildman–Crippen LogP) is 4.70. The van der Waals surface area contributed by atoms with Crippen molar-refractivity contribution in [2.24, 2.45) is 0 Å². The number of benzene rings is 2. The van der Waals surface area contributed by atoms with Gasteiger partial charge in [-0.05, 0) is 88.1 Å². The Morgan fingerprint density at radius 2 is 1.56 bits per heavy atom. The van der Waals surface area contributed by atoms with Crippen LogP contribution in [0.25, 0.3) is 0 Å². The molecule has 0 aliphatic carbocycles. The van der Waals surface area contributed by atoms with E-state index in [-0.39, 0.29) is 6.03 Å².